The highest BCUT2D eigenvalue weighted by Gasteiger charge is 2.14. The maximum atomic E-state index is 10.6. The van der Waals surface area contributed by atoms with Crippen molar-refractivity contribution in [2.45, 2.75) is 0 Å². The van der Waals surface area contributed by atoms with Crippen LogP contribution in [-0.2, 0) is 4.79 Å². The number of hydrogen-bond donors (Lipinski definition) is 1. The highest BCUT2D eigenvalue weighted by atomic mass is 35.5. The Labute approximate surface area is 95.2 Å². The lowest BCUT2D eigenvalue weighted by Gasteiger charge is -1.96. The predicted molar refractivity (Wildman–Crippen MR) is 57.8 cm³/mol. The SMILES string of the molecule is Cl.O=C(O)C(=C(Cl)Cl)c1cccs1. The molecule has 72 valence electrons. The summed E-state index contributed by atoms with van der Waals surface area (Å²) >= 11 is 12.1. The first kappa shape index (κ1) is 12.8. The van der Waals surface area contributed by atoms with Crippen molar-refractivity contribution < 1.29 is 9.90 Å². The Kier molecular flexibility index (Phi) is 5.40. The van der Waals surface area contributed by atoms with Crippen molar-refractivity contribution >= 4 is 58.5 Å². The van der Waals surface area contributed by atoms with E-state index in [0.29, 0.717) is 4.88 Å². The van der Waals surface area contributed by atoms with Gasteiger partial charge in [-0.3, -0.25) is 0 Å². The minimum atomic E-state index is -1.11. The number of hydrogen-bond acceptors (Lipinski definition) is 2. The van der Waals surface area contributed by atoms with Crippen LogP contribution in [0, 0.1) is 0 Å². The first-order chi connectivity index (χ1) is 5.63. The molecule has 0 bridgehead atoms. The molecule has 1 N–H and O–H groups in total. The lowest BCUT2D eigenvalue weighted by molar-refractivity contribution is -0.130. The van der Waals surface area contributed by atoms with Gasteiger partial charge in [-0.1, -0.05) is 29.3 Å². The quantitative estimate of drug-likeness (QED) is 0.827. The largest absolute Gasteiger partial charge is 0.478 e. The normalized spacial score (nSPS) is 8.77. The number of carboxylic acids is 1. The Morgan fingerprint density at radius 1 is 1.46 bits per heavy atom. The smallest absolute Gasteiger partial charge is 0.339 e. The number of thiophene rings is 1. The topological polar surface area (TPSA) is 37.3 Å². The lowest BCUT2D eigenvalue weighted by atomic mass is 10.2. The summed E-state index contributed by atoms with van der Waals surface area (Å²) in [6, 6.07) is 3.39. The van der Waals surface area contributed by atoms with Gasteiger partial charge in [-0.05, 0) is 11.4 Å². The van der Waals surface area contributed by atoms with Crippen molar-refractivity contribution in [1.29, 1.82) is 0 Å². The third-order valence-electron chi connectivity index (χ3n) is 1.17. The van der Waals surface area contributed by atoms with Gasteiger partial charge in [-0.25, -0.2) is 4.79 Å². The molecular weight excluding hydrogens is 255 g/mol. The maximum absolute atomic E-state index is 10.6. The molecule has 1 heterocycles. The van der Waals surface area contributed by atoms with Crippen molar-refractivity contribution in [3.63, 3.8) is 0 Å². The molecule has 0 fully saturated rings. The van der Waals surface area contributed by atoms with Crippen molar-refractivity contribution in [2.75, 3.05) is 0 Å². The van der Waals surface area contributed by atoms with Gasteiger partial charge in [0.05, 0.1) is 0 Å². The van der Waals surface area contributed by atoms with Crippen molar-refractivity contribution in [2.24, 2.45) is 0 Å². The van der Waals surface area contributed by atoms with E-state index in [4.69, 9.17) is 28.3 Å². The summed E-state index contributed by atoms with van der Waals surface area (Å²) in [5.41, 5.74) is -0.0478. The van der Waals surface area contributed by atoms with E-state index in [1.54, 1.807) is 17.5 Å². The number of carbonyl (C=O) groups is 1. The van der Waals surface area contributed by atoms with Gasteiger partial charge in [0.1, 0.15) is 10.1 Å². The van der Waals surface area contributed by atoms with E-state index >= 15 is 0 Å². The maximum Gasteiger partial charge on any atom is 0.339 e. The predicted octanol–water partition coefficient (Wildman–Crippen LogP) is 3.40. The molecule has 6 heteroatoms. The fourth-order valence-corrected chi connectivity index (χ4v) is 1.95. The van der Waals surface area contributed by atoms with E-state index in [0.717, 1.165) is 0 Å². The molecule has 0 saturated heterocycles. The van der Waals surface area contributed by atoms with Crippen LogP contribution in [0.2, 0.25) is 0 Å². The molecule has 0 unspecified atom stereocenters. The Hall–Kier alpha value is -0.220. The van der Waals surface area contributed by atoms with Crippen LogP contribution in [0.4, 0.5) is 0 Å². The summed E-state index contributed by atoms with van der Waals surface area (Å²) < 4.78 is -0.218. The first-order valence-electron chi connectivity index (χ1n) is 2.95. The highest BCUT2D eigenvalue weighted by molar-refractivity contribution is 7.11. The molecule has 0 aliphatic carbocycles. The fraction of sp³-hybridized carbons (Fsp3) is 0. The molecule has 1 aromatic heterocycles. The molecule has 13 heavy (non-hydrogen) atoms. The summed E-state index contributed by atoms with van der Waals surface area (Å²) in [5.74, 6) is -1.11. The number of rotatable bonds is 2. The lowest BCUT2D eigenvalue weighted by Crippen LogP contribution is -1.98. The molecule has 0 aliphatic rings. The Bertz CT molecular complexity index is 314. The van der Waals surface area contributed by atoms with Gasteiger partial charge in [0.2, 0.25) is 0 Å². The van der Waals surface area contributed by atoms with Gasteiger partial charge >= 0.3 is 5.97 Å². The van der Waals surface area contributed by atoms with Gasteiger partial charge in [-0.2, -0.15) is 0 Å². The molecule has 1 aromatic rings. The van der Waals surface area contributed by atoms with Gasteiger partial charge < -0.3 is 5.11 Å². The third kappa shape index (κ3) is 3.19. The van der Waals surface area contributed by atoms with Gasteiger partial charge in [-0.15, -0.1) is 23.7 Å². The van der Waals surface area contributed by atoms with Gasteiger partial charge in [0.15, 0.2) is 0 Å². The second kappa shape index (κ2) is 5.50. The average molecular weight is 260 g/mol. The Morgan fingerprint density at radius 2 is 2.08 bits per heavy atom. The van der Waals surface area contributed by atoms with Crippen molar-refractivity contribution in [3.05, 3.63) is 26.9 Å². The van der Waals surface area contributed by atoms with E-state index in [-0.39, 0.29) is 22.5 Å². The zero-order valence-corrected chi connectivity index (χ0v) is 9.30. The van der Waals surface area contributed by atoms with Crippen LogP contribution < -0.4 is 0 Å². The van der Waals surface area contributed by atoms with Gasteiger partial charge in [0, 0.05) is 4.88 Å². The summed E-state index contributed by atoms with van der Waals surface area (Å²) in [7, 11) is 0. The van der Waals surface area contributed by atoms with E-state index in [1.165, 1.54) is 11.3 Å². The summed E-state index contributed by atoms with van der Waals surface area (Å²) in [5, 5.41) is 10.5. The summed E-state index contributed by atoms with van der Waals surface area (Å²) in [6.07, 6.45) is 0. The summed E-state index contributed by atoms with van der Waals surface area (Å²) in [4.78, 5) is 11.2. The van der Waals surface area contributed by atoms with Gasteiger partial charge in [0.25, 0.3) is 0 Å². The molecular formula is C7H5Cl3O2S. The standard InChI is InChI=1S/C7H4Cl2O2S.ClH/c8-6(9)5(7(10)11)4-2-1-3-12-4;/h1-3H,(H,10,11);1H. The molecule has 0 aromatic carbocycles. The fourth-order valence-electron chi connectivity index (χ4n) is 0.700. The Balaban J connectivity index is 0.00000144. The van der Waals surface area contributed by atoms with E-state index < -0.39 is 5.97 Å². The minimum absolute atomic E-state index is 0. The van der Waals surface area contributed by atoms with Crippen LogP contribution in [0.1, 0.15) is 4.88 Å². The zero-order valence-electron chi connectivity index (χ0n) is 6.16. The van der Waals surface area contributed by atoms with Crippen LogP contribution >= 0.6 is 46.9 Å². The highest BCUT2D eigenvalue weighted by Crippen LogP contribution is 2.27. The molecule has 2 nitrogen and oxygen atoms in total. The second-order valence-corrected chi connectivity index (χ2v) is 3.81. The molecule has 0 radical (unpaired) electrons. The molecule has 0 amide bonds. The van der Waals surface area contributed by atoms with E-state index in [9.17, 15) is 4.79 Å². The molecule has 0 aliphatic heterocycles. The average Bonchev–Trinajstić information content (AvgIpc) is 2.37. The minimum Gasteiger partial charge on any atom is -0.478 e. The monoisotopic (exact) mass is 258 g/mol. The van der Waals surface area contributed by atoms with Crippen LogP contribution in [0.5, 0.6) is 0 Å². The third-order valence-corrected chi connectivity index (χ3v) is 2.44. The number of halogens is 3. The van der Waals surface area contributed by atoms with E-state index in [1.807, 2.05) is 0 Å². The van der Waals surface area contributed by atoms with Crippen LogP contribution in [0.25, 0.3) is 5.57 Å². The van der Waals surface area contributed by atoms with Crippen LogP contribution in [0.3, 0.4) is 0 Å². The second-order valence-electron chi connectivity index (χ2n) is 1.92. The molecule has 0 atom stereocenters. The zero-order chi connectivity index (χ0) is 9.14. The van der Waals surface area contributed by atoms with Crippen molar-refractivity contribution in [3.8, 4) is 0 Å². The first-order valence-corrected chi connectivity index (χ1v) is 4.59. The number of carboxylic acid groups (broad SMARTS) is 1. The van der Waals surface area contributed by atoms with Crippen molar-refractivity contribution in [1.82, 2.24) is 0 Å². The van der Waals surface area contributed by atoms with Crippen LogP contribution in [-0.4, -0.2) is 11.1 Å². The molecule has 0 saturated carbocycles. The Morgan fingerprint density at radius 3 is 2.38 bits per heavy atom. The van der Waals surface area contributed by atoms with Crippen LogP contribution in [0.15, 0.2) is 22.0 Å². The summed E-state index contributed by atoms with van der Waals surface area (Å²) in [6.45, 7) is 0. The van der Waals surface area contributed by atoms with E-state index in [2.05, 4.69) is 0 Å². The molecule has 1 rings (SSSR count). The molecule has 0 spiro atoms. The number of aliphatic carboxylic acids is 1.